The molecular weight excluding hydrogens is 236 g/mol. The van der Waals surface area contributed by atoms with Gasteiger partial charge >= 0.3 is 0 Å². The molecule has 90 valence electrons. The number of benzene rings is 1. The quantitative estimate of drug-likeness (QED) is 0.483. The molecule has 2 rings (SSSR count). The highest BCUT2D eigenvalue weighted by Crippen LogP contribution is 2.25. The predicted octanol–water partition coefficient (Wildman–Crippen LogP) is 1.41. The number of nitrogens with two attached hydrogens (primary N) is 1. The van der Waals surface area contributed by atoms with Gasteiger partial charge in [0, 0.05) is 28.7 Å². The molecule has 1 aromatic carbocycles. The van der Waals surface area contributed by atoms with Gasteiger partial charge in [-0.1, -0.05) is 6.07 Å². The minimum Gasteiger partial charge on any atom is -0.399 e. The molecule has 0 bridgehead atoms. The zero-order chi connectivity index (χ0) is 12.3. The number of nitrogens with one attached hydrogen (secondary N) is 1. The van der Waals surface area contributed by atoms with E-state index in [0.29, 0.717) is 18.6 Å². The summed E-state index contributed by atoms with van der Waals surface area (Å²) in [6.45, 7) is 0. The number of carbonyl (C=O) groups excluding carboxylic acids is 2. The van der Waals surface area contributed by atoms with E-state index in [-0.39, 0.29) is 17.7 Å². The van der Waals surface area contributed by atoms with E-state index in [9.17, 15) is 9.59 Å². The average Bonchev–Trinajstić information content (AvgIpc) is 2.28. The summed E-state index contributed by atoms with van der Waals surface area (Å²) >= 11 is 1.59. The van der Waals surface area contributed by atoms with Crippen LogP contribution < -0.4 is 11.1 Å². The molecule has 1 aromatic rings. The Morgan fingerprint density at radius 1 is 1.41 bits per heavy atom. The van der Waals surface area contributed by atoms with E-state index in [1.54, 1.807) is 11.8 Å². The number of thioether (sulfide) groups is 1. The number of amides is 2. The van der Waals surface area contributed by atoms with E-state index >= 15 is 0 Å². The monoisotopic (exact) mass is 250 g/mol. The second-order valence-electron chi connectivity index (χ2n) is 4.03. The molecule has 3 N–H and O–H groups in total. The zero-order valence-electron chi connectivity index (χ0n) is 9.31. The maximum Gasteiger partial charge on any atom is 0.230 e. The highest BCUT2D eigenvalue weighted by molar-refractivity contribution is 7.99. The van der Waals surface area contributed by atoms with Gasteiger partial charge in [-0.2, -0.15) is 0 Å². The van der Waals surface area contributed by atoms with Crippen molar-refractivity contribution in [3.05, 3.63) is 24.3 Å². The van der Waals surface area contributed by atoms with Gasteiger partial charge in [-0.25, -0.2) is 0 Å². The standard InChI is InChI=1S/C12H14N2O2S/c13-9-2-1-3-10(6-9)17-7-8-4-5-11(15)14-12(8)16/h1-3,6,8H,4-5,7,13H2,(H,14,15,16)/t8-/m1/s1. The summed E-state index contributed by atoms with van der Waals surface area (Å²) < 4.78 is 0. The Bertz CT molecular complexity index is 448. The van der Waals surface area contributed by atoms with Gasteiger partial charge in [-0.05, 0) is 24.6 Å². The summed E-state index contributed by atoms with van der Waals surface area (Å²) in [7, 11) is 0. The van der Waals surface area contributed by atoms with E-state index in [4.69, 9.17) is 5.73 Å². The van der Waals surface area contributed by atoms with Crippen molar-refractivity contribution in [2.75, 3.05) is 11.5 Å². The van der Waals surface area contributed by atoms with Crippen LogP contribution in [0.25, 0.3) is 0 Å². The lowest BCUT2D eigenvalue weighted by Crippen LogP contribution is -2.41. The number of rotatable bonds is 3. The Morgan fingerprint density at radius 3 is 2.94 bits per heavy atom. The molecule has 0 aromatic heterocycles. The molecule has 1 aliphatic rings. The lowest BCUT2D eigenvalue weighted by atomic mass is 10.0. The molecule has 17 heavy (non-hydrogen) atoms. The van der Waals surface area contributed by atoms with Crippen molar-refractivity contribution in [3.63, 3.8) is 0 Å². The first-order valence-corrected chi connectivity index (χ1v) is 6.46. The molecular formula is C12H14N2O2S. The Balaban J connectivity index is 1.90. The number of piperidine rings is 1. The van der Waals surface area contributed by atoms with Crippen LogP contribution >= 0.6 is 11.8 Å². The second kappa shape index (κ2) is 5.23. The van der Waals surface area contributed by atoms with E-state index in [1.165, 1.54) is 0 Å². The van der Waals surface area contributed by atoms with Crippen LogP contribution in [-0.2, 0) is 9.59 Å². The van der Waals surface area contributed by atoms with Gasteiger partial charge < -0.3 is 5.73 Å². The number of nitrogen functional groups attached to an aromatic ring is 1. The predicted molar refractivity (Wildman–Crippen MR) is 67.5 cm³/mol. The zero-order valence-corrected chi connectivity index (χ0v) is 10.1. The maximum absolute atomic E-state index is 11.5. The number of hydrogen-bond donors (Lipinski definition) is 2. The Hall–Kier alpha value is -1.49. The first-order chi connectivity index (χ1) is 8.15. The maximum atomic E-state index is 11.5. The third-order valence-electron chi connectivity index (χ3n) is 2.66. The first kappa shape index (κ1) is 12.0. The molecule has 4 nitrogen and oxygen atoms in total. The smallest absolute Gasteiger partial charge is 0.230 e. The van der Waals surface area contributed by atoms with Crippen molar-refractivity contribution in [1.82, 2.24) is 5.32 Å². The molecule has 2 amide bonds. The van der Waals surface area contributed by atoms with Gasteiger partial charge in [0.15, 0.2) is 0 Å². The van der Waals surface area contributed by atoms with Gasteiger partial charge in [0.2, 0.25) is 11.8 Å². The third-order valence-corrected chi connectivity index (χ3v) is 3.82. The highest BCUT2D eigenvalue weighted by atomic mass is 32.2. The van der Waals surface area contributed by atoms with Crippen LogP contribution in [0, 0.1) is 5.92 Å². The van der Waals surface area contributed by atoms with Crippen LogP contribution in [0.2, 0.25) is 0 Å². The van der Waals surface area contributed by atoms with Crippen molar-refractivity contribution >= 4 is 29.3 Å². The minimum absolute atomic E-state index is 0.0841. The van der Waals surface area contributed by atoms with Gasteiger partial charge in [-0.3, -0.25) is 14.9 Å². The fourth-order valence-electron chi connectivity index (χ4n) is 1.70. The molecule has 1 saturated heterocycles. The van der Waals surface area contributed by atoms with Gasteiger partial charge in [-0.15, -0.1) is 11.8 Å². The van der Waals surface area contributed by atoms with Crippen molar-refractivity contribution in [1.29, 1.82) is 0 Å². The first-order valence-electron chi connectivity index (χ1n) is 5.47. The fourth-order valence-corrected chi connectivity index (χ4v) is 2.80. The molecule has 1 heterocycles. The van der Waals surface area contributed by atoms with Crippen LogP contribution in [0.1, 0.15) is 12.8 Å². The van der Waals surface area contributed by atoms with E-state index < -0.39 is 0 Å². The molecule has 0 unspecified atom stereocenters. The third kappa shape index (κ3) is 3.23. The summed E-state index contributed by atoms with van der Waals surface area (Å²) in [4.78, 5) is 23.6. The number of carbonyl (C=O) groups is 2. The number of anilines is 1. The average molecular weight is 250 g/mol. The van der Waals surface area contributed by atoms with Crippen molar-refractivity contribution in [2.45, 2.75) is 17.7 Å². The lowest BCUT2D eigenvalue weighted by molar-refractivity contribution is -0.135. The van der Waals surface area contributed by atoms with E-state index in [2.05, 4.69) is 5.32 Å². The van der Waals surface area contributed by atoms with Crippen molar-refractivity contribution in [3.8, 4) is 0 Å². The van der Waals surface area contributed by atoms with Gasteiger partial charge in [0.05, 0.1) is 0 Å². The summed E-state index contributed by atoms with van der Waals surface area (Å²) in [5, 5.41) is 2.36. The van der Waals surface area contributed by atoms with E-state index in [0.717, 1.165) is 10.6 Å². The molecule has 1 aliphatic heterocycles. The molecule has 0 radical (unpaired) electrons. The SMILES string of the molecule is Nc1cccc(SC[C@H]2CCC(=O)NC2=O)c1. The summed E-state index contributed by atoms with van der Waals surface area (Å²) in [5.74, 6) is 0.278. The Labute approximate surface area is 104 Å². The molecule has 0 saturated carbocycles. The summed E-state index contributed by atoms with van der Waals surface area (Å²) in [6.07, 6.45) is 1.08. The van der Waals surface area contributed by atoms with Gasteiger partial charge in [0.25, 0.3) is 0 Å². The number of imide groups is 1. The molecule has 1 atom stereocenters. The fraction of sp³-hybridized carbons (Fsp3) is 0.333. The molecule has 1 fully saturated rings. The largest absolute Gasteiger partial charge is 0.399 e. The van der Waals surface area contributed by atoms with Crippen LogP contribution in [0.3, 0.4) is 0 Å². The topological polar surface area (TPSA) is 72.2 Å². The highest BCUT2D eigenvalue weighted by Gasteiger charge is 2.26. The van der Waals surface area contributed by atoms with Crippen LogP contribution in [0.15, 0.2) is 29.2 Å². The van der Waals surface area contributed by atoms with Crippen molar-refractivity contribution < 1.29 is 9.59 Å². The van der Waals surface area contributed by atoms with Crippen molar-refractivity contribution in [2.24, 2.45) is 5.92 Å². The van der Waals surface area contributed by atoms with Crippen LogP contribution in [0.5, 0.6) is 0 Å². The minimum atomic E-state index is -0.166. The van der Waals surface area contributed by atoms with Crippen LogP contribution in [0.4, 0.5) is 5.69 Å². The molecule has 0 spiro atoms. The normalized spacial score (nSPS) is 20.1. The second-order valence-corrected chi connectivity index (χ2v) is 5.12. The van der Waals surface area contributed by atoms with Gasteiger partial charge in [0.1, 0.15) is 0 Å². The lowest BCUT2D eigenvalue weighted by Gasteiger charge is -2.20. The Morgan fingerprint density at radius 2 is 2.24 bits per heavy atom. The summed E-state index contributed by atoms with van der Waals surface area (Å²) in [5.41, 5.74) is 6.40. The molecule has 0 aliphatic carbocycles. The van der Waals surface area contributed by atoms with E-state index in [1.807, 2.05) is 24.3 Å². The molecule has 5 heteroatoms. The summed E-state index contributed by atoms with van der Waals surface area (Å²) in [6, 6.07) is 7.57. The Kier molecular flexibility index (Phi) is 3.68. The van der Waals surface area contributed by atoms with Crippen LogP contribution in [-0.4, -0.2) is 17.6 Å². The number of hydrogen-bond acceptors (Lipinski definition) is 4.